The molecule has 1 aliphatic heterocycles. The normalized spacial score (nSPS) is 18.3. The summed E-state index contributed by atoms with van der Waals surface area (Å²) in [5.74, 6) is -5.69. The molecule has 0 aromatic heterocycles. The highest BCUT2D eigenvalue weighted by molar-refractivity contribution is 6.20. The van der Waals surface area contributed by atoms with Crippen molar-refractivity contribution in [2.75, 3.05) is 11.9 Å². The SMILES string of the molecule is Cc1ccc(C2=N[C@@H](NC(=O)[C@H](CCC(F)(F)F)[C@H](CC3CC3)C(=O)OCC(C)C)C(=O)Nc3c(F)cccc32)cc1. The number of nitrogens with zero attached hydrogens (tertiary/aromatic N) is 1. The average Bonchev–Trinajstić information content (AvgIpc) is 3.75. The van der Waals surface area contributed by atoms with Crippen LogP contribution >= 0.6 is 0 Å². The fraction of sp³-hybridized carbons (Fsp3) is 0.484. The zero-order chi connectivity index (χ0) is 30.6. The van der Waals surface area contributed by atoms with Crippen molar-refractivity contribution in [2.45, 2.75) is 65.2 Å². The Morgan fingerprint density at radius 3 is 2.40 bits per heavy atom. The molecule has 0 radical (unpaired) electrons. The molecule has 4 rings (SSSR count). The molecule has 2 amide bonds. The number of ether oxygens (including phenoxy) is 1. The van der Waals surface area contributed by atoms with Crippen LogP contribution in [-0.4, -0.2) is 42.4 Å². The maximum Gasteiger partial charge on any atom is 0.389 e. The third-order valence-electron chi connectivity index (χ3n) is 7.33. The number of para-hydroxylation sites is 1. The van der Waals surface area contributed by atoms with Gasteiger partial charge in [-0.2, -0.15) is 13.2 Å². The maximum atomic E-state index is 14.8. The van der Waals surface area contributed by atoms with Gasteiger partial charge in [0.2, 0.25) is 12.1 Å². The molecule has 0 bridgehead atoms. The van der Waals surface area contributed by atoms with Crippen molar-refractivity contribution in [1.29, 1.82) is 0 Å². The van der Waals surface area contributed by atoms with E-state index in [0.29, 0.717) is 5.56 Å². The van der Waals surface area contributed by atoms with Crippen LogP contribution in [0.5, 0.6) is 0 Å². The molecule has 2 N–H and O–H groups in total. The molecule has 226 valence electrons. The summed E-state index contributed by atoms with van der Waals surface area (Å²) in [6.45, 7) is 5.59. The van der Waals surface area contributed by atoms with Crippen LogP contribution < -0.4 is 10.6 Å². The van der Waals surface area contributed by atoms with E-state index in [9.17, 15) is 31.9 Å². The average molecular weight is 590 g/mol. The lowest BCUT2D eigenvalue weighted by Crippen LogP contribution is -2.47. The Hall–Kier alpha value is -3.76. The molecule has 11 heteroatoms. The largest absolute Gasteiger partial charge is 0.465 e. The lowest BCUT2D eigenvalue weighted by molar-refractivity contribution is -0.159. The van der Waals surface area contributed by atoms with Gasteiger partial charge in [-0.25, -0.2) is 9.38 Å². The predicted octanol–water partition coefficient (Wildman–Crippen LogP) is 5.94. The van der Waals surface area contributed by atoms with E-state index in [0.717, 1.165) is 18.4 Å². The van der Waals surface area contributed by atoms with Gasteiger partial charge in [-0.15, -0.1) is 0 Å². The number of anilines is 1. The van der Waals surface area contributed by atoms with Gasteiger partial charge in [0.25, 0.3) is 5.91 Å². The second-order valence-electron chi connectivity index (χ2n) is 11.5. The number of rotatable bonds is 11. The molecule has 0 saturated heterocycles. The van der Waals surface area contributed by atoms with Crippen molar-refractivity contribution in [1.82, 2.24) is 5.32 Å². The van der Waals surface area contributed by atoms with Gasteiger partial charge in [0.15, 0.2) is 0 Å². The van der Waals surface area contributed by atoms with Gasteiger partial charge >= 0.3 is 12.1 Å². The zero-order valence-electron chi connectivity index (χ0n) is 23.8. The first-order valence-corrected chi connectivity index (χ1v) is 14.1. The molecule has 2 aromatic carbocycles. The quantitative estimate of drug-likeness (QED) is 0.251. The number of hydrogen-bond acceptors (Lipinski definition) is 5. The number of nitrogens with one attached hydrogen (secondary N) is 2. The predicted molar refractivity (Wildman–Crippen MR) is 149 cm³/mol. The Morgan fingerprint density at radius 1 is 1.10 bits per heavy atom. The Labute approximate surface area is 242 Å². The Kier molecular flexibility index (Phi) is 9.68. The first kappa shape index (κ1) is 31.2. The fourth-order valence-corrected chi connectivity index (χ4v) is 4.91. The topological polar surface area (TPSA) is 96.9 Å². The summed E-state index contributed by atoms with van der Waals surface area (Å²) in [7, 11) is 0. The third-order valence-corrected chi connectivity index (χ3v) is 7.33. The second-order valence-corrected chi connectivity index (χ2v) is 11.5. The number of aliphatic imine (C=N–C) groups is 1. The van der Waals surface area contributed by atoms with E-state index in [-0.39, 0.29) is 41.8 Å². The van der Waals surface area contributed by atoms with E-state index in [4.69, 9.17) is 4.74 Å². The smallest absolute Gasteiger partial charge is 0.389 e. The Morgan fingerprint density at radius 2 is 1.79 bits per heavy atom. The molecule has 0 unspecified atom stereocenters. The number of benzodiazepines with no additional fused rings is 1. The molecular formula is C31H35F4N3O4. The van der Waals surface area contributed by atoms with E-state index in [1.54, 1.807) is 18.2 Å². The van der Waals surface area contributed by atoms with Crippen LogP contribution in [0.25, 0.3) is 0 Å². The summed E-state index contributed by atoms with van der Waals surface area (Å²) in [5.41, 5.74) is 1.86. The van der Waals surface area contributed by atoms with Crippen LogP contribution in [0.1, 0.15) is 62.6 Å². The van der Waals surface area contributed by atoms with Crippen molar-refractivity contribution < 1.29 is 36.7 Å². The zero-order valence-corrected chi connectivity index (χ0v) is 23.8. The monoisotopic (exact) mass is 589 g/mol. The summed E-state index contributed by atoms with van der Waals surface area (Å²) < 4.78 is 60.2. The van der Waals surface area contributed by atoms with Crippen LogP contribution in [0.3, 0.4) is 0 Å². The minimum atomic E-state index is -4.57. The number of hydrogen-bond donors (Lipinski definition) is 2. The van der Waals surface area contributed by atoms with Crippen molar-refractivity contribution in [3.63, 3.8) is 0 Å². The lowest BCUT2D eigenvalue weighted by atomic mass is 9.83. The van der Waals surface area contributed by atoms with Crippen LogP contribution in [0.4, 0.5) is 23.2 Å². The summed E-state index contributed by atoms with van der Waals surface area (Å²) >= 11 is 0. The summed E-state index contributed by atoms with van der Waals surface area (Å²) in [4.78, 5) is 44.5. The number of benzene rings is 2. The van der Waals surface area contributed by atoms with Gasteiger partial charge in [-0.05, 0) is 37.7 Å². The molecule has 2 aliphatic rings. The molecule has 2 aromatic rings. The van der Waals surface area contributed by atoms with E-state index < -0.39 is 60.6 Å². The molecular weight excluding hydrogens is 554 g/mol. The molecule has 1 aliphatic carbocycles. The van der Waals surface area contributed by atoms with Gasteiger partial charge in [-0.1, -0.05) is 68.7 Å². The molecule has 1 fully saturated rings. The maximum absolute atomic E-state index is 14.8. The van der Waals surface area contributed by atoms with Crippen LogP contribution in [0, 0.1) is 36.4 Å². The highest BCUT2D eigenvalue weighted by Crippen LogP contribution is 2.40. The van der Waals surface area contributed by atoms with Gasteiger partial charge in [0.1, 0.15) is 5.82 Å². The standard InChI is InChI=1S/C31H35F4N3O4/c1-17(2)16-42-30(41)23(15-19-9-10-19)21(13-14-31(33,34)35)28(39)38-27-29(40)37-26-22(5-4-6-24(26)32)25(36-27)20-11-7-18(3)8-12-20/h4-8,11-12,17,19,21,23,27H,9-10,13-16H2,1-3H3,(H,37,40)(H,38,39)/t21-,23+,27+/m1/s1. The fourth-order valence-electron chi connectivity index (χ4n) is 4.91. The van der Waals surface area contributed by atoms with E-state index in [1.165, 1.54) is 12.1 Å². The summed E-state index contributed by atoms with van der Waals surface area (Å²) in [5, 5.41) is 4.93. The summed E-state index contributed by atoms with van der Waals surface area (Å²) in [6, 6.07) is 11.3. The third kappa shape index (κ3) is 8.17. The number of carbonyl (C=O) groups excluding carboxylic acids is 3. The van der Waals surface area contributed by atoms with Crippen molar-refractivity contribution in [3.8, 4) is 0 Å². The van der Waals surface area contributed by atoms with E-state index in [1.807, 2.05) is 32.9 Å². The van der Waals surface area contributed by atoms with Crippen molar-refractivity contribution in [2.24, 2.45) is 28.7 Å². The van der Waals surface area contributed by atoms with Crippen molar-refractivity contribution >= 4 is 29.2 Å². The second kappa shape index (κ2) is 13.0. The number of fused-ring (bicyclic) bond motifs is 1. The molecule has 7 nitrogen and oxygen atoms in total. The highest BCUT2D eigenvalue weighted by Gasteiger charge is 2.42. The minimum absolute atomic E-state index is 0.00998. The molecule has 3 atom stereocenters. The van der Waals surface area contributed by atoms with Crippen LogP contribution in [0.15, 0.2) is 47.5 Å². The van der Waals surface area contributed by atoms with Gasteiger partial charge in [-0.3, -0.25) is 14.4 Å². The van der Waals surface area contributed by atoms with E-state index in [2.05, 4.69) is 15.6 Å². The van der Waals surface area contributed by atoms with Crippen LogP contribution in [0.2, 0.25) is 0 Å². The van der Waals surface area contributed by atoms with Gasteiger partial charge in [0.05, 0.1) is 29.8 Å². The first-order valence-electron chi connectivity index (χ1n) is 14.1. The molecule has 42 heavy (non-hydrogen) atoms. The number of esters is 1. The molecule has 1 heterocycles. The Bertz CT molecular complexity index is 1340. The molecule has 1 saturated carbocycles. The minimum Gasteiger partial charge on any atom is -0.465 e. The molecule has 0 spiro atoms. The first-order chi connectivity index (χ1) is 19.8. The van der Waals surface area contributed by atoms with Gasteiger partial charge < -0.3 is 15.4 Å². The van der Waals surface area contributed by atoms with Crippen molar-refractivity contribution in [3.05, 3.63) is 65.0 Å². The number of carbonyl (C=O) groups is 3. The number of amides is 2. The number of alkyl halides is 3. The van der Waals surface area contributed by atoms with Crippen LogP contribution in [-0.2, 0) is 19.1 Å². The lowest BCUT2D eigenvalue weighted by Gasteiger charge is -2.27. The number of halogens is 4. The summed E-state index contributed by atoms with van der Waals surface area (Å²) in [6.07, 6.45) is -6.31. The highest BCUT2D eigenvalue weighted by atomic mass is 19.4. The van der Waals surface area contributed by atoms with Gasteiger partial charge in [0, 0.05) is 17.5 Å². The van der Waals surface area contributed by atoms with E-state index >= 15 is 0 Å². The Balaban J connectivity index is 1.68. The number of aryl methyl sites for hydroxylation is 1.